The van der Waals surface area contributed by atoms with Crippen LogP contribution in [0, 0.1) is 10.1 Å². The van der Waals surface area contributed by atoms with E-state index in [0.717, 1.165) is 12.8 Å². The molecule has 1 heterocycles. The van der Waals surface area contributed by atoms with Crippen molar-refractivity contribution in [2.75, 3.05) is 20.3 Å². The molecule has 0 saturated heterocycles. The highest BCUT2D eigenvalue weighted by Gasteiger charge is 2.42. The van der Waals surface area contributed by atoms with E-state index in [-0.39, 0.29) is 31.0 Å². The van der Waals surface area contributed by atoms with Gasteiger partial charge in [0.2, 0.25) is 0 Å². The maximum atomic E-state index is 12.7. The molecule has 9 nitrogen and oxygen atoms in total. The Morgan fingerprint density at radius 3 is 2.52 bits per heavy atom. The molecule has 2 amide bonds. The van der Waals surface area contributed by atoms with Crippen LogP contribution in [0.1, 0.15) is 31.4 Å². The average molecular weight is 375 g/mol. The molecule has 144 valence electrons. The Morgan fingerprint density at radius 2 is 1.96 bits per heavy atom. The smallest absolute Gasteiger partial charge is 0.338 e. The quantitative estimate of drug-likeness (QED) is 0.339. The minimum atomic E-state index is -0.733. The number of non-ortho nitro benzene ring substituents is 1. The number of urea groups is 1. The fraction of sp³-hybridized carbons (Fsp3) is 0.444. The Kier molecular flexibility index (Phi) is 5.41. The van der Waals surface area contributed by atoms with Crippen molar-refractivity contribution in [2.24, 2.45) is 0 Å². The van der Waals surface area contributed by atoms with E-state index in [2.05, 4.69) is 5.32 Å². The van der Waals surface area contributed by atoms with Gasteiger partial charge < -0.3 is 14.8 Å². The van der Waals surface area contributed by atoms with Gasteiger partial charge in [-0.2, -0.15) is 0 Å². The summed E-state index contributed by atoms with van der Waals surface area (Å²) in [6.45, 7) is 2.08. The van der Waals surface area contributed by atoms with E-state index in [1.165, 1.54) is 31.4 Å². The fourth-order valence-electron chi connectivity index (χ4n) is 3.13. The first-order valence-electron chi connectivity index (χ1n) is 8.65. The number of carbonyl (C=O) groups is 2. The number of allylic oxidation sites excluding steroid dienone is 1. The van der Waals surface area contributed by atoms with E-state index in [1.54, 1.807) is 11.8 Å². The summed E-state index contributed by atoms with van der Waals surface area (Å²) in [6, 6.07) is 4.83. The van der Waals surface area contributed by atoms with Crippen molar-refractivity contribution in [3.8, 4) is 0 Å². The molecule has 9 heteroatoms. The summed E-state index contributed by atoms with van der Waals surface area (Å²) in [4.78, 5) is 37.3. The average Bonchev–Trinajstić information content (AvgIpc) is 3.46. The summed E-state index contributed by atoms with van der Waals surface area (Å²) in [6.07, 6.45) is 1.78. The Balaban J connectivity index is 1.95. The van der Waals surface area contributed by atoms with Gasteiger partial charge in [-0.1, -0.05) is 0 Å². The summed E-state index contributed by atoms with van der Waals surface area (Å²) in [5.74, 6) is -0.543. The van der Waals surface area contributed by atoms with Gasteiger partial charge in [-0.05, 0) is 37.5 Å². The van der Waals surface area contributed by atoms with E-state index < -0.39 is 16.9 Å². The number of hydrogen-bond acceptors (Lipinski definition) is 6. The van der Waals surface area contributed by atoms with E-state index in [0.29, 0.717) is 16.8 Å². The van der Waals surface area contributed by atoms with Crippen molar-refractivity contribution >= 4 is 17.7 Å². The molecule has 0 bridgehead atoms. The molecule has 0 aromatic heterocycles. The van der Waals surface area contributed by atoms with Crippen LogP contribution < -0.4 is 5.32 Å². The van der Waals surface area contributed by atoms with Crippen molar-refractivity contribution in [3.05, 3.63) is 51.2 Å². The van der Waals surface area contributed by atoms with Crippen molar-refractivity contribution in [3.63, 3.8) is 0 Å². The van der Waals surface area contributed by atoms with E-state index >= 15 is 0 Å². The zero-order valence-corrected chi connectivity index (χ0v) is 15.1. The van der Waals surface area contributed by atoms with E-state index in [4.69, 9.17) is 9.47 Å². The largest absolute Gasteiger partial charge is 0.460 e. The second-order valence-corrected chi connectivity index (χ2v) is 6.46. The zero-order valence-electron chi connectivity index (χ0n) is 15.1. The van der Waals surface area contributed by atoms with Gasteiger partial charge in [0, 0.05) is 31.0 Å². The highest BCUT2D eigenvalue weighted by molar-refractivity contribution is 5.95. The molecule has 1 aromatic rings. The summed E-state index contributed by atoms with van der Waals surface area (Å²) in [7, 11) is 1.51. The Morgan fingerprint density at radius 1 is 1.30 bits per heavy atom. The molecule has 1 aliphatic carbocycles. The van der Waals surface area contributed by atoms with Gasteiger partial charge in [-0.3, -0.25) is 15.0 Å². The first-order chi connectivity index (χ1) is 12.9. The highest BCUT2D eigenvalue weighted by Crippen LogP contribution is 2.38. The number of nitrogens with zero attached hydrogens (tertiary/aromatic N) is 2. The van der Waals surface area contributed by atoms with Crippen LogP contribution in [0.3, 0.4) is 0 Å². The molecular weight excluding hydrogens is 354 g/mol. The normalized spacial score (nSPS) is 19.7. The molecule has 0 unspecified atom stereocenters. The molecule has 1 aliphatic heterocycles. The molecule has 0 radical (unpaired) electrons. The lowest BCUT2D eigenvalue weighted by atomic mass is 9.94. The minimum absolute atomic E-state index is 0.0644. The zero-order chi connectivity index (χ0) is 19.6. The van der Waals surface area contributed by atoms with E-state index in [9.17, 15) is 19.7 Å². The van der Waals surface area contributed by atoms with E-state index in [1.807, 2.05) is 0 Å². The molecule has 1 aromatic carbocycles. The number of rotatable bonds is 7. The predicted molar refractivity (Wildman–Crippen MR) is 94.8 cm³/mol. The van der Waals surface area contributed by atoms with Gasteiger partial charge in [0.05, 0.1) is 23.1 Å². The number of nitro benzene ring substituents is 1. The number of nitrogens with one attached hydrogen (secondary N) is 1. The molecule has 0 spiro atoms. The molecule has 1 N–H and O–H groups in total. The summed E-state index contributed by atoms with van der Waals surface area (Å²) in [5, 5.41) is 13.7. The Hall–Kier alpha value is -2.94. The Labute approximate surface area is 156 Å². The van der Waals surface area contributed by atoms with Gasteiger partial charge in [0.25, 0.3) is 5.69 Å². The summed E-state index contributed by atoms with van der Waals surface area (Å²) >= 11 is 0. The number of esters is 1. The first-order valence-corrected chi connectivity index (χ1v) is 8.65. The highest BCUT2D eigenvalue weighted by atomic mass is 16.6. The van der Waals surface area contributed by atoms with Crippen molar-refractivity contribution < 1.29 is 24.0 Å². The SMILES string of the molecule is COCCOC(=O)C1=C(C)N(C2CC2)C(=O)N[C@@H]1c1ccc([N+](=O)[O-])cc1. The van der Waals surface area contributed by atoms with Crippen LogP contribution in [0.25, 0.3) is 0 Å². The maximum absolute atomic E-state index is 12.7. The lowest BCUT2D eigenvalue weighted by Gasteiger charge is -2.35. The predicted octanol–water partition coefficient (Wildman–Crippen LogP) is 2.29. The monoisotopic (exact) mass is 375 g/mol. The maximum Gasteiger partial charge on any atom is 0.338 e. The van der Waals surface area contributed by atoms with Crippen molar-refractivity contribution in [2.45, 2.75) is 31.8 Å². The standard InChI is InChI=1S/C18H21N3O6/c1-11-15(17(22)27-10-9-26-2)16(19-18(23)20(11)13-7-8-13)12-3-5-14(6-4-12)21(24)25/h3-6,13,16H,7-10H2,1-2H3,(H,19,23)/t16-/m1/s1. The topological polar surface area (TPSA) is 111 Å². The number of amides is 2. The van der Waals surface area contributed by atoms with Crippen LogP contribution in [0.15, 0.2) is 35.5 Å². The third-order valence-electron chi connectivity index (χ3n) is 4.62. The molecule has 1 fully saturated rings. The van der Waals surface area contributed by atoms with Crippen molar-refractivity contribution in [1.82, 2.24) is 10.2 Å². The summed E-state index contributed by atoms with van der Waals surface area (Å²) < 4.78 is 10.2. The second kappa shape index (κ2) is 7.75. The number of ether oxygens (including phenoxy) is 2. The minimum Gasteiger partial charge on any atom is -0.460 e. The van der Waals surface area contributed by atoms with Crippen LogP contribution in [-0.4, -0.2) is 48.2 Å². The lowest BCUT2D eigenvalue weighted by Crippen LogP contribution is -2.49. The third kappa shape index (κ3) is 3.92. The molecule has 27 heavy (non-hydrogen) atoms. The number of nitro groups is 1. The number of methoxy groups -OCH3 is 1. The third-order valence-corrected chi connectivity index (χ3v) is 4.62. The van der Waals surface area contributed by atoms with Crippen LogP contribution in [0.4, 0.5) is 10.5 Å². The van der Waals surface area contributed by atoms with Crippen LogP contribution >= 0.6 is 0 Å². The van der Waals surface area contributed by atoms with Gasteiger partial charge in [-0.15, -0.1) is 0 Å². The number of benzene rings is 1. The van der Waals surface area contributed by atoms with Gasteiger partial charge in [-0.25, -0.2) is 9.59 Å². The van der Waals surface area contributed by atoms with Crippen LogP contribution in [0.2, 0.25) is 0 Å². The van der Waals surface area contributed by atoms with Gasteiger partial charge >= 0.3 is 12.0 Å². The fourth-order valence-corrected chi connectivity index (χ4v) is 3.13. The van der Waals surface area contributed by atoms with Crippen molar-refractivity contribution in [1.29, 1.82) is 0 Å². The van der Waals surface area contributed by atoms with Gasteiger partial charge in [0.1, 0.15) is 6.61 Å². The molecular formula is C18H21N3O6. The molecule has 1 atom stereocenters. The number of carbonyl (C=O) groups excluding carboxylic acids is 2. The summed E-state index contributed by atoms with van der Waals surface area (Å²) in [5.41, 5.74) is 1.38. The number of hydrogen-bond donors (Lipinski definition) is 1. The Bertz CT molecular complexity index is 785. The van der Waals surface area contributed by atoms with Crippen LogP contribution in [-0.2, 0) is 14.3 Å². The molecule has 3 rings (SSSR count). The molecule has 2 aliphatic rings. The first kappa shape index (κ1) is 18.8. The van der Waals surface area contributed by atoms with Gasteiger partial charge in [0.15, 0.2) is 0 Å². The lowest BCUT2D eigenvalue weighted by molar-refractivity contribution is -0.384. The second-order valence-electron chi connectivity index (χ2n) is 6.46. The molecule has 1 saturated carbocycles. The van der Waals surface area contributed by atoms with Crippen LogP contribution in [0.5, 0.6) is 0 Å².